The van der Waals surface area contributed by atoms with Gasteiger partial charge in [0.1, 0.15) is 0 Å². The van der Waals surface area contributed by atoms with Gasteiger partial charge < -0.3 is 15.1 Å². The first kappa shape index (κ1) is 15.9. The van der Waals surface area contributed by atoms with Crippen LogP contribution in [-0.2, 0) is 0 Å². The quantitative estimate of drug-likeness (QED) is 0.732. The highest BCUT2D eigenvalue weighted by molar-refractivity contribution is 4.76. The normalized spacial score (nSPS) is 16.9. The highest BCUT2D eigenvalue weighted by Gasteiger charge is 2.23. The molecule has 0 rings (SSSR count). The SMILES string of the molecule is CC(C)CC(O)CN(C)CC(O)C(C)(C)C. The van der Waals surface area contributed by atoms with Gasteiger partial charge in [-0.25, -0.2) is 0 Å². The van der Waals surface area contributed by atoms with E-state index in [0.29, 0.717) is 19.0 Å². The number of rotatable bonds is 6. The molecule has 0 heterocycles. The molecule has 0 aliphatic heterocycles. The maximum atomic E-state index is 9.93. The molecule has 0 aliphatic carbocycles. The van der Waals surface area contributed by atoms with Gasteiger partial charge in [0.05, 0.1) is 12.2 Å². The zero-order valence-electron chi connectivity index (χ0n) is 11.7. The molecule has 98 valence electrons. The van der Waals surface area contributed by atoms with E-state index < -0.39 is 0 Å². The molecule has 0 aliphatic rings. The van der Waals surface area contributed by atoms with Crippen LogP contribution in [-0.4, -0.2) is 47.5 Å². The van der Waals surface area contributed by atoms with E-state index in [9.17, 15) is 10.2 Å². The first-order valence-corrected chi connectivity index (χ1v) is 6.17. The molecule has 16 heavy (non-hydrogen) atoms. The van der Waals surface area contributed by atoms with Crippen molar-refractivity contribution in [3.63, 3.8) is 0 Å². The summed E-state index contributed by atoms with van der Waals surface area (Å²) in [5.74, 6) is 0.510. The van der Waals surface area contributed by atoms with Crippen molar-refractivity contribution in [1.29, 1.82) is 0 Å². The second-order valence-electron chi connectivity index (χ2n) is 6.39. The Bertz CT molecular complexity index is 187. The van der Waals surface area contributed by atoms with Gasteiger partial charge in [0.25, 0.3) is 0 Å². The molecule has 2 atom stereocenters. The van der Waals surface area contributed by atoms with Crippen molar-refractivity contribution in [2.75, 3.05) is 20.1 Å². The molecule has 2 N–H and O–H groups in total. The van der Waals surface area contributed by atoms with Crippen LogP contribution in [0.25, 0.3) is 0 Å². The fourth-order valence-corrected chi connectivity index (χ4v) is 1.62. The molecule has 0 radical (unpaired) electrons. The van der Waals surface area contributed by atoms with Gasteiger partial charge in [-0.1, -0.05) is 34.6 Å². The topological polar surface area (TPSA) is 43.7 Å². The van der Waals surface area contributed by atoms with Gasteiger partial charge in [0.2, 0.25) is 0 Å². The van der Waals surface area contributed by atoms with Crippen LogP contribution in [0.3, 0.4) is 0 Å². The smallest absolute Gasteiger partial charge is 0.0715 e. The van der Waals surface area contributed by atoms with E-state index in [1.807, 2.05) is 32.7 Å². The van der Waals surface area contributed by atoms with Crippen molar-refractivity contribution < 1.29 is 10.2 Å². The third kappa shape index (κ3) is 7.20. The number of hydrogen-bond acceptors (Lipinski definition) is 3. The fourth-order valence-electron chi connectivity index (χ4n) is 1.62. The molecule has 0 bridgehead atoms. The van der Waals surface area contributed by atoms with Crippen LogP contribution in [0.15, 0.2) is 0 Å². The second kappa shape index (κ2) is 6.58. The minimum atomic E-state index is -0.358. The molecule has 3 nitrogen and oxygen atoms in total. The molecular weight excluding hydrogens is 202 g/mol. The Labute approximate surface area is 100 Å². The van der Waals surface area contributed by atoms with Gasteiger partial charge in [-0.2, -0.15) is 0 Å². The monoisotopic (exact) mass is 231 g/mol. The van der Waals surface area contributed by atoms with Gasteiger partial charge in [0.15, 0.2) is 0 Å². The Morgan fingerprint density at radius 1 is 1.06 bits per heavy atom. The largest absolute Gasteiger partial charge is 0.392 e. The Hall–Kier alpha value is -0.120. The molecular formula is C13H29NO2. The lowest BCUT2D eigenvalue weighted by molar-refractivity contribution is 0.0201. The van der Waals surface area contributed by atoms with Crippen LogP contribution < -0.4 is 0 Å². The molecule has 2 unspecified atom stereocenters. The first-order valence-electron chi connectivity index (χ1n) is 6.17. The molecule has 3 heteroatoms. The van der Waals surface area contributed by atoms with Crippen molar-refractivity contribution in [1.82, 2.24) is 4.90 Å². The average Bonchev–Trinajstić information content (AvgIpc) is 1.98. The van der Waals surface area contributed by atoms with Crippen LogP contribution in [0.1, 0.15) is 41.0 Å². The number of aliphatic hydroxyl groups is 2. The van der Waals surface area contributed by atoms with E-state index in [1.54, 1.807) is 0 Å². The van der Waals surface area contributed by atoms with Crippen LogP contribution in [0, 0.1) is 11.3 Å². The van der Waals surface area contributed by atoms with E-state index in [-0.39, 0.29) is 17.6 Å². The van der Waals surface area contributed by atoms with Crippen LogP contribution in [0.4, 0.5) is 0 Å². The number of aliphatic hydroxyl groups excluding tert-OH is 2. The van der Waals surface area contributed by atoms with Crippen molar-refractivity contribution >= 4 is 0 Å². The Kier molecular flexibility index (Phi) is 6.53. The van der Waals surface area contributed by atoms with Crippen molar-refractivity contribution in [2.45, 2.75) is 53.2 Å². The van der Waals surface area contributed by atoms with Gasteiger partial charge in [-0.15, -0.1) is 0 Å². The summed E-state index contributed by atoms with van der Waals surface area (Å²) in [5.41, 5.74) is -0.0999. The summed E-state index contributed by atoms with van der Waals surface area (Å²) in [6.07, 6.45) is 0.164. The summed E-state index contributed by atoms with van der Waals surface area (Å²) in [4.78, 5) is 2.00. The molecule has 0 saturated heterocycles. The Morgan fingerprint density at radius 3 is 1.94 bits per heavy atom. The van der Waals surface area contributed by atoms with Crippen LogP contribution in [0.5, 0.6) is 0 Å². The zero-order valence-corrected chi connectivity index (χ0v) is 11.7. The molecule has 0 aromatic heterocycles. The predicted molar refractivity (Wildman–Crippen MR) is 68.4 cm³/mol. The summed E-state index contributed by atoms with van der Waals surface area (Å²) in [5, 5.41) is 19.7. The van der Waals surface area contributed by atoms with Crippen molar-refractivity contribution in [3.8, 4) is 0 Å². The van der Waals surface area contributed by atoms with Gasteiger partial charge in [-0.3, -0.25) is 0 Å². The third-order valence-electron chi connectivity index (χ3n) is 2.75. The summed E-state index contributed by atoms with van der Waals surface area (Å²) in [6.45, 7) is 11.5. The molecule has 0 amide bonds. The summed E-state index contributed by atoms with van der Waals surface area (Å²) >= 11 is 0. The van der Waals surface area contributed by atoms with Gasteiger partial charge in [-0.05, 0) is 24.8 Å². The zero-order chi connectivity index (χ0) is 12.9. The Balaban J connectivity index is 3.94. The third-order valence-corrected chi connectivity index (χ3v) is 2.75. The lowest BCUT2D eigenvalue weighted by Gasteiger charge is -2.31. The number of likely N-dealkylation sites (N-methyl/N-ethyl adjacent to an activating group) is 1. The summed E-state index contributed by atoms with van der Waals surface area (Å²) in [7, 11) is 1.94. The summed E-state index contributed by atoms with van der Waals surface area (Å²) in [6, 6.07) is 0. The van der Waals surface area contributed by atoms with Crippen molar-refractivity contribution in [2.24, 2.45) is 11.3 Å². The summed E-state index contributed by atoms with van der Waals surface area (Å²) < 4.78 is 0. The van der Waals surface area contributed by atoms with E-state index in [1.165, 1.54) is 0 Å². The first-order chi connectivity index (χ1) is 7.12. The minimum Gasteiger partial charge on any atom is -0.392 e. The molecule has 0 spiro atoms. The molecule has 0 fully saturated rings. The van der Waals surface area contributed by atoms with E-state index in [0.717, 1.165) is 6.42 Å². The standard InChI is InChI=1S/C13H29NO2/c1-10(2)7-11(15)8-14(6)9-12(16)13(3,4)5/h10-12,15-16H,7-9H2,1-6H3. The number of hydrogen-bond donors (Lipinski definition) is 2. The molecule has 0 aromatic rings. The van der Waals surface area contributed by atoms with E-state index in [2.05, 4.69) is 13.8 Å². The predicted octanol–water partition coefficient (Wildman–Crippen LogP) is 1.73. The number of nitrogens with zero attached hydrogens (tertiary/aromatic N) is 1. The van der Waals surface area contributed by atoms with E-state index in [4.69, 9.17) is 0 Å². The van der Waals surface area contributed by atoms with Crippen LogP contribution in [0.2, 0.25) is 0 Å². The Morgan fingerprint density at radius 2 is 1.56 bits per heavy atom. The highest BCUT2D eigenvalue weighted by Crippen LogP contribution is 2.19. The van der Waals surface area contributed by atoms with Gasteiger partial charge in [0, 0.05) is 13.1 Å². The maximum Gasteiger partial charge on any atom is 0.0715 e. The van der Waals surface area contributed by atoms with E-state index >= 15 is 0 Å². The van der Waals surface area contributed by atoms with Crippen molar-refractivity contribution in [3.05, 3.63) is 0 Å². The molecule has 0 saturated carbocycles. The average molecular weight is 231 g/mol. The molecule has 0 aromatic carbocycles. The lowest BCUT2D eigenvalue weighted by atomic mass is 9.89. The minimum absolute atomic E-state index is 0.0999. The van der Waals surface area contributed by atoms with Gasteiger partial charge >= 0.3 is 0 Å². The lowest BCUT2D eigenvalue weighted by Crippen LogP contribution is -2.40. The highest BCUT2D eigenvalue weighted by atomic mass is 16.3. The fraction of sp³-hybridized carbons (Fsp3) is 1.00. The second-order valence-corrected chi connectivity index (χ2v) is 6.39. The van der Waals surface area contributed by atoms with Crippen LogP contribution >= 0.6 is 0 Å². The maximum absolute atomic E-state index is 9.93.